The molecule has 8 heteroatoms. The van der Waals surface area contributed by atoms with Crippen LogP contribution in [-0.2, 0) is 11.2 Å². The zero-order valence-electron chi connectivity index (χ0n) is 16.9. The highest BCUT2D eigenvalue weighted by Crippen LogP contribution is 2.34. The molecule has 2 aliphatic rings. The third-order valence-electron chi connectivity index (χ3n) is 5.80. The number of benzene rings is 2. The summed E-state index contributed by atoms with van der Waals surface area (Å²) in [5.41, 5.74) is 2.52. The standard InChI is InChI=1S/C23H27ClO6S/c24-18-6-3-14(23-22(28)21(27)20(26)19(11-25)30-23)10-15(18)9-13-1-4-16(5-2-13)29-17-7-8-31-12-17/h1-6,10,17,19-23,25-28H,7-9,11-12H2/t17?,19-,20-,21+,22-,23+/m1/s1. The van der Waals surface area contributed by atoms with E-state index in [-0.39, 0.29) is 6.10 Å². The van der Waals surface area contributed by atoms with Crippen molar-refractivity contribution in [3.05, 3.63) is 64.2 Å². The van der Waals surface area contributed by atoms with Crippen molar-refractivity contribution in [1.82, 2.24) is 0 Å². The van der Waals surface area contributed by atoms with Gasteiger partial charge < -0.3 is 29.9 Å². The molecule has 0 saturated carbocycles. The molecule has 0 radical (unpaired) electrons. The van der Waals surface area contributed by atoms with Gasteiger partial charge >= 0.3 is 0 Å². The van der Waals surface area contributed by atoms with Gasteiger partial charge in [-0.2, -0.15) is 11.8 Å². The topological polar surface area (TPSA) is 99.4 Å². The Hall–Kier alpha value is -1.32. The molecular formula is C23H27ClO6S. The van der Waals surface area contributed by atoms with Crippen LogP contribution in [0.1, 0.15) is 29.2 Å². The highest BCUT2D eigenvalue weighted by molar-refractivity contribution is 7.99. The maximum absolute atomic E-state index is 10.4. The van der Waals surface area contributed by atoms with Crippen molar-refractivity contribution in [3.63, 3.8) is 0 Å². The number of hydrogen-bond donors (Lipinski definition) is 4. The number of thioether (sulfide) groups is 1. The summed E-state index contributed by atoms with van der Waals surface area (Å²) in [5.74, 6) is 3.03. The van der Waals surface area contributed by atoms with Crippen LogP contribution in [0.25, 0.3) is 0 Å². The van der Waals surface area contributed by atoms with E-state index in [9.17, 15) is 20.4 Å². The van der Waals surface area contributed by atoms with Crippen molar-refractivity contribution in [2.24, 2.45) is 0 Å². The number of hydrogen-bond acceptors (Lipinski definition) is 7. The van der Waals surface area contributed by atoms with Crippen molar-refractivity contribution in [2.75, 3.05) is 18.1 Å². The zero-order chi connectivity index (χ0) is 22.0. The first kappa shape index (κ1) is 22.9. The lowest BCUT2D eigenvalue weighted by molar-refractivity contribution is -0.231. The summed E-state index contributed by atoms with van der Waals surface area (Å²) in [4.78, 5) is 0. The Morgan fingerprint density at radius 1 is 1.03 bits per heavy atom. The molecule has 2 fully saturated rings. The predicted molar refractivity (Wildman–Crippen MR) is 120 cm³/mol. The fourth-order valence-electron chi connectivity index (χ4n) is 3.99. The Bertz CT molecular complexity index is 871. The fourth-order valence-corrected chi connectivity index (χ4v) is 5.27. The Morgan fingerprint density at radius 3 is 2.48 bits per heavy atom. The average molecular weight is 467 g/mol. The van der Waals surface area contributed by atoms with E-state index in [1.54, 1.807) is 12.1 Å². The van der Waals surface area contributed by atoms with Gasteiger partial charge in [0.05, 0.1) is 6.61 Å². The molecule has 168 valence electrons. The molecule has 4 rings (SSSR count). The maximum atomic E-state index is 10.4. The van der Waals surface area contributed by atoms with E-state index in [0.29, 0.717) is 17.0 Å². The van der Waals surface area contributed by atoms with Gasteiger partial charge in [-0.1, -0.05) is 35.9 Å². The highest BCUT2D eigenvalue weighted by atomic mass is 35.5. The molecule has 6 nitrogen and oxygen atoms in total. The minimum absolute atomic E-state index is 0.278. The van der Waals surface area contributed by atoms with Crippen LogP contribution in [0.3, 0.4) is 0 Å². The Morgan fingerprint density at radius 2 is 1.81 bits per heavy atom. The van der Waals surface area contributed by atoms with Crippen molar-refractivity contribution in [3.8, 4) is 5.75 Å². The molecule has 0 amide bonds. The van der Waals surface area contributed by atoms with Gasteiger partial charge in [-0.15, -0.1) is 0 Å². The molecule has 0 bridgehead atoms. The van der Waals surface area contributed by atoms with Gasteiger partial charge in [0, 0.05) is 10.8 Å². The number of aliphatic hydroxyl groups excluding tert-OH is 4. The summed E-state index contributed by atoms with van der Waals surface area (Å²) in [6.45, 7) is -0.462. The largest absolute Gasteiger partial charge is 0.490 e. The molecule has 6 atom stereocenters. The van der Waals surface area contributed by atoms with Crippen LogP contribution in [0, 0.1) is 0 Å². The first-order valence-corrected chi connectivity index (χ1v) is 11.9. The predicted octanol–water partition coefficient (Wildman–Crippen LogP) is 2.33. The Labute approximate surface area is 190 Å². The summed E-state index contributed by atoms with van der Waals surface area (Å²) < 4.78 is 11.7. The van der Waals surface area contributed by atoms with Gasteiger partial charge in [0.2, 0.25) is 0 Å². The molecule has 2 aromatic rings. The molecule has 0 spiro atoms. The van der Waals surface area contributed by atoms with E-state index >= 15 is 0 Å². The van der Waals surface area contributed by atoms with Crippen molar-refractivity contribution in [1.29, 1.82) is 0 Å². The molecule has 2 aromatic carbocycles. The van der Waals surface area contributed by atoms with Crippen LogP contribution in [0.4, 0.5) is 0 Å². The first-order valence-electron chi connectivity index (χ1n) is 10.4. The van der Waals surface area contributed by atoms with Crippen LogP contribution < -0.4 is 4.74 Å². The van der Waals surface area contributed by atoms with Crippen LogP contribution in [-0.4, -0.2) is 69.1 Å². The minimum atomic E-state index is -1.42. The quantitative estimate of drug-likeness (QED) is 0.518. The number of ether oxygens (including phenoxy) is 2. The number of halogens is 1. The van der Waals surface area contributed by atoms with Gasteiger partial charge in [-0.25, -0.2) is 0 Å². The monoisotopic (exact) mass is 466 g/mol. The summed E-state index contributed by atoms with van der Waals surface area (Å²) in [7, 11) is 0. The van der Waals surface area contributed by atoms with Gasteiger partial charge in [0.15, 0.2) is 0 Å². The molecule has 2 aliphatic heterocycles. The second-order valence-electron chi connectivity index (χ2n) is 8.02. The summed E-state index contributed by atoms with van der Waals surface area (Å²) in [5, 5.41) is 40.5. The van der Waals surface area contributed by atoms with Crippen LogP contribution in [0.15, 0.2) is 42.5 Å². The smallest absolute Gasteiger partial charge is 0.119 e. The Balaban J connectivity index is 1.49. The lowest BCUT2D eigenvalue weighted by atomic mass is 9.90. The second kappa shape index (κ2) is 10.1. The molecule has 0 aromatic heterocycles. The lowest BCUT2D eigenvalue weighted by Crippen LogP contribution is -2.55. The van der Waals surface area contributed by atoms with Gasteiger partial charge in [-0.05, 0) is 53.5 Å². The first-order chi connectivity index (χ1) is 15.0. The van der Waals surface area contributed by atoms with E-state index in [2.05, 4.69) is 0 Å². The minimum Gasteiger partial charge on any atom is -0.490 e. The number of rotatable bonds is 6. The van der Waals surface area contributed by atoms with E-state index in [0.717, 1.165) is 34.8 Å². The third kappa shape index (κ3) is 5.20. The van der Waals surface area contributed by atoms with E-state index < -0.39 is 37.1 Å². The van der Waals surface area contributed by atoms with Crippen LogP contribution >= 0.6 is 23.4 Å². The zero-order valence-corrected chi connectivity index (χ0v) is 18.5. The van der Waals surface area contributed by atoms with Crippen LogP contribution in [0.2, 0.25) is 5.02 Å². The number of aliphatic hydroxyl groups is 4. The summed E-state index contributed by atoms with van der Waals surface area (Å²) in [6, 6.07) is 13.2. The van der Waals surface area contributed by atoms with Gasteiger partial charge in [-0.3, -0.25) is 0 Å². The maximum Gasteiger partial charge on any atom is 0.119 e. The molecular weight excluding hydrogens is 440 g/mol. The van der Waals surface area contributed by atoms with E-state index in [1.165, 1.54) is 0 Å². The van der Waals surface area contributed by atoms with E-state index in [4.69, 9.17) is 21.1 Å². The SMILES string of the molecule is OC[C@H]1O[C@@H](c2ccc(Cl)c(Cc3ccc(OC4CCSC4)cc3)c2)[C@H](O)[C@@H](O)[C@@H]1O. The third-order valence-corrected chi connectivity index (χ3v) is 7.30. The molecule has 31 heavy (non-hydrogen) atoms. The van der Waals surface area contributed by atoms with Gasteiger partial charge in [0.1, 0.15) is 42.4 Å². The normalized spacial score (nSPS) is 31.0. The fraction of sp³-hybridized carbons (Fsp3) is 0.478. The molecule has 0 aliphatic carbocycles. The molecule has 4 N–H and O–H groups in total. The molecule has 2 heterocycles. The van der Waals surface area contributed by atoms with Gasteiger partial charge in [0.25, 0.3) is 0 Å². The lowest BCUT2D eigenvalue weighted by Gasteiger charge is -2.40. The highest BCUT2D eigenvalue weighted by Gasteiger charge is 2.44. The molecule has 2 saturated heterocycles. The van der Waals surface area contributed by atoms with Crippen molar-refractivity contribution >= 4 is 23.4 Å². The summed E-state index contributed by atoms with van der Waals surface area (Å²) >= 11 is 8.33. The molecule has 1 unspecified atom stereocenters. The van der Waals surface area contributed by atoms with Crippen molar-refractivity contribution in [2.45, 2.75) is 49.5 Å². The van der Waals surface area contributed by atoms with Crippen LogP contribution in [0.5, 0.6) is 5.75 Å². The second-order valence-corrected chi connectivity index (χ2v) is 9.58. The van der Waals surface area contributed by atoms with E-state index in [1.807, 2.05) is 42.1 Å². The van der Waals surface area contributed by atoms with Crippen molar-refractivity contribution < 1.29 is 29.9 Å². The Kier molecular flexibility index (Phi) is 7.44. The summed E-state index contributed by atoms with van der Waals surface area (Å²) in [6.07, 6.45) is -4.03. The average Bonchev–Trinajstić information content (AvgIpc) is 3.28.